The fraction of sp³-hybridized carbons (Fsp3) is 0.400. The van der Waals surface area contributed by atoms with E-state index in [1.807, 2.05) is 6.20 Å². The number of rotatable bonds is 1. The topological polar surface area (TPSA) is 41.6 Å². The van der Waals surface area contributed by atoms with E-state index >= 15 is 0 Å². The summed E-state index contributed by atoms with van der Waals surface area (Å²) in [5, 5.41) is 7.05. The van der Waals surface area contributed by atoms with E-state index in [-0.39, 0.29) is 0 Å². The van der Waals surface area contributed by atoms with Gasteiger partial charge in [0, 0.05) is 11.0 Å². The van der Waals surface area contributed by atoms with Crippen molar-refractivity contribution >= 4 is 27.0 Å². The zero-order valence-corrected chi connectivity index (χ0v) is 9.16. The molecule has 2 aromatic rings. The predicted octanol–water partition coefficient (Wildman–Crippen LogP) is 2.60. The van der Waals surface area contributed by atoms with Crippen LogP contribution in [0.5, 0.6) is 0 Å². The molecule has 1 N–H and O–H groups in total. The first-order chi connectivity index (χ1) is 6.84. The van der Waals surface area contributed by atoms with Crippen LogP contribution < -0.4 is 0 Å². The Labute approximate surface area is 90.1 Å². The third-order valence-corrected chi connectivity index (χ3v) is 3.64. The first-order valence-corrected chi connectivity index (χ1v) is 5.68. The predicted molar refractivity (Wildman–Crippen MR) is 58.6 cm³/mol. The van der Waals surface area contributed by atoms with Crippen LogP contribution in [0.2, 0.25) is 0 Å². The molecule has 72 valence electrons. The summed E-state index contributed by atoms with van der Waals surface area (Å²) in [5.41, 5.74) is 3.45. The molecule has 1 saturated carbocycles. The van der Waals surface area contributed by atoms with E-state index in [0.717, 1.165) is 11.0 Å². The van der Waals surface area contributed by atoms with Crippen molar-refractivity contribution < 1.29 is 0 Å². The molecule has 0 radical (unpaired) electrons. The van der Waals surface area contributed by atoms with E-state index in [1.165, 1.54) is 18.4 Å². The van der Waals surface area contributed by atoms with Crippen molar-refractivity contribution in [3.8, 4) is 0 Å². The molecule has 3 rings (SSSR count). The van der Waals surface area contributed by atoms with Gasteiger partial charge in [0.25, 0.3) is 0 Å². The SMILES string of the molecule is BrC1CC(c2ccnc3cn[nH]c23)C1. The smallest absolute Gasteiger partial charge is 0.108 e. The van der Waals surface area contributed by atoms with E-state index < -0.39 is 0 Å². The van der Waals surface area contributed by atoms with E-state index in [9.17, 15) is 0 Å². The Balaban J connectivity index is 2.07. The number of halogens is 1. The second-order valence-corrected chi connectivity index (χ2v) is 5.09. The Hall–Kier alpha value is -0.900. The van der Waals surface area contributed by atoms with Crippen molar-refractivity contribution in [2.75, 3.05) is 0 Å². The molecule has 0 unspecified atom stereocenters. The average Bonchev–Trinajstić information content (AvgIpc) is 2.60. The van der Waals surface area contributed by atoms with Gasteiger partial charge >= 0.3 is 0 Å². The first-order valence-electron chi connectivity index (χ1n) is 4.76. The number of fused-ring (bicyclic) bond motifs is 1. The van der Waals surface area contributed by atoms with E-state index in [1.54, 1.807) is 6.20 Å². The number of aromatic amines is 1. The van der Waals surface area contributed by atoms with Crippen LogP contribution in [-0.2, 0) is 0 Å². The summed E-state index contributed by atoms with van der Waals surface area (Å²) < 4.78 is 0. The van der Waals surface area contributed by atoms with Gasteiger partial charge in [0.1, 0.15) is 5.52 Å². The zero-order valence-electron chi connectivity index (χ0n) is 7.57. The van der Waals surface area contributed by atoms with Crippen LogP contribution in [0.25, 0.3) is 11.0 Å². The van der Waals surface area contributed by atoms with Crippen molar-refractivity contribution in [2.24, 2.45) is 0 Å². The molecule has 0 saturated heterocycles. The van der Waals surface area contributed by atoms with E-state index in [2.05, 4.69) is 37.2 Å². The largest absolute Gasteiger partial charge is 0.276 e. The van der Waals surface area contributed by atoms with Gasteiger partial charge in [0.05, 0.1) is 11.7 Å². The van der Waals surface area contributed by atoms with Crippen LogP contribution in [0, 0.1) is 0 Å². The molecule has 2 aromatic heterocycles. The van der Waals surface area contributed by atoms with Crippen molar-refractivity contribution in [1.82, 2.24) is 15.2 Å². The van der Waals surface area contributed by atoms with Crippen LogP contribution in [0.15, 0.2) is 18.5 Å². The maximum atomic E-state index is 4.26. The molecular weight excluding hydrogens is 242 g/mol. The summed E-state index contributed by atoms with van der Waals surface area (Å²) in [6.07, 6.45) is 6.09. The lowest BCUT2D eigenvalue weighted by molar-refractivity contribution is 0.444. The van der Waals surface area contributed by atoms with Gasteiger partial charge in [-0.3, -0.25) is 10.1 Å². The molecule has 1 aliphatic rings. The van der Waals surface area contributed by atoms with Gasteiger partial charge < -0.3 is 0 Å². The third kappa shape index (κ3) is 1.17. The molecule has 1 aliphatic carbocycles. The van der Waals surface area contributed by atoms with Gasteiger partial charge in [-0.15, -0.1) is 0 Å². The standard InChI is InChI=1S/C10H10BrN3/c11-7-3-6(4-7)8-1-2-12-9-5-13-14-10(8)9/h1-2,5-7H,3-4H2,(H,13,14). The number of hydrogen-bond acceptors (Lipinski definition) is 2. The van der Waals surface area contributed by atoms with Crippen molar-refractivity contribution in [1.29, 1.82) is 0 Å². The summed E-state index contributed by atoms with van der Waals surface area (Å²) in [6, 6.07) is 2.10. The quantitative estimate of drug-likeness (QED) is 0.792. The van der Waals surface area contributed by atoms with Crippen LogP contribution in [0.3, 0.4) is 0 Å². The molecule has 2 heterocycles. The van der Waals surface area contributed by atoms with Gasteiger partial charge in [-0.05, 0) is 30.4 Å². The van der Waals surface area contributed by atoms with E-state index in [0.29, 0.717) is 10.7 Å². The molecule has 0 atom stereocenters. The number of alkyl halides is 1. The minimum atomic E-state index is 0.672. The molecule has 0 spiro atoms. The average molecular weight is 252 g/mol. The third-order valence-electron chi connectivity index (χ3n) is 2.90. The molecule has 0 aromatic carbocycles. The van der Waals surface area contributed by atoms with E-state index in [4.69, 9.17) is 0 Å². The molecule has 3 nitrogen and oxygen atoms in total. The zero-order chi connectivity index (χ0) is 9.54. The summed E-state index contributed by atoms with van der Waals surface area (Å²) >= 11 is 3.61. The highest BCUT2D eigenvalue weighted by Crippen LogP contribution is 2.42. The van der Waals surface area contributed by atoms with Crippen LogP contribution in [0.4, 0.5) is 0 Å². The molecule has 14 heavy (non-hydrogen) atoms. The lowest BCUT2D eigenvalue weighted by atomic mass is 9.80. The highest BCUT2D eigenvalue weighted by Gasteiger charge is 2.29. The molecule has 0 aliphatic heterocycles. The second kappa shape index (κ2) is 3.05. The number of pyridine rings is 1. The van der Waals surface area contributed by atoms with Gasteiger partial charge in [0.2, 0.25) is 0 Å². The van der Waals surface area contributed by atoms with Gasteiger partial charge in [-0.1, -0.05) is 15.9 Å². The second-order valence-electron chi connectivity index (χ2n) is 3.80. The Bertz CT molecular complexity index is 459. The lowest BCUT2D eigenvalue weighted by Gasteiger charge is -2.31. The van der Waals surface area contributed by atoms with Gasteiger partial charge in [0.15, 0.2) is 0 Å². The highest BCUT2D eigenvalue weighted by atomic mass is 79.9. The molecular formula is C10H10BrN3. The highest BCUT2D eigenvalue weighted by molar-refractivity contribution is 9.09. The summed E-state index contributed by atoms with van der Waals surface area (Å²) in [7, 11) is 0. The van der Waals surface area contributed by atoms with Crippen molar-refractivity contribution in [3.05, 3.63) is 24.0 Å². The minimum Gasteiger partial charge on any atom is -0.276 e. The Morgan fingerprint density at radius 2 is 2.29 bits per heavy atom. The Kier molecular flexibility index (Phi) is 1.83. The number of nitrogens with zero attached hydrogens (tertiary/aromatic N) is 2. The van der Waals surface area contributed by atoms with Gasteiger partial charge in [-0.25, -0.2) is 0 Å². The first kappa shape index (κ1) is 8.41. The van der Waals surface area contributed by atoms with Gasteiger partial charge in [-0.2, -0.15) is 5.10 Å². The molecule has 4 heteroatoms. The lowest BCUT2D eigenvalue weighted by Crippen LogP contribution is -2.21. The van der Waals surface area contributed by atoms with Crippen molar-refractivity contribution in [3.63, 3.8) is 0 Å². The monoisotopic (exact) mass is 251 g/mol. The Morgan fingerprint density at radius 1 is 1.43 bits per heavy atom. The minimum absolute atomic E-state index is 0.672. The molecule has 1 fully saturated rings. The normalized spacial score (nSPS) is 26.4. The van der Waals surface area contributed by atoms with Crippen LogP contribution >= 0.6 is 15.9 Å². The fourth-order valence-electron chi connectivity index (χ4n) is 2.01. The van der Waals surface area contributed by atoms with Crippen LogP contribution in [-0.4, -0.2) is 20.0 Å². The number of hydrogen-bond donors (Lipinski definition) is 1. The summed E-state index contributed by atoms with van der Waals surface area (Å²) in [5.74, 6) is 0.672. The summed E-state index contributed by atoms with van der Waals surface area (Å²) in [6.45, 7) is 0. The maximum Gasteiger partial charge on any atom is 0.108 e. The number of nitrogens with one attached hydrogen (secondary N) is 1. The van der Waals surface area contributed by atoms with Crippen LogP contribution in [0.1, 0.15) is 24.3 Å². The fourth-order valence-corrected chi connectivity index (χ4v) is 2.92. The van der Waals surface area contributed by atoms with Crippen molar-refractivity contribution in [2.45, 2.75) is 23.6 Å². The summed E-state index contributed by atoms with van der Waals surface area (Å²) in [4.78, 5) is 4.95. The Morgan fingerprint density at radius 3 is 3.07 bits per heavy atom. The maximum absolute atomic E-state index is 4.26. The molecule has 0 amide bonds. The number of H-pyrrole nitrogens is 1. The molecule has 0 bridgehead atoms. The number of aromatic nitrogens is 3.